The molecule has 0 spiro atoms. The quantitative estimate of drug-likeness (QED) is 0.434. The molecule has 21 heavy (non-hydrogen) atoms. The van der Waals surface area contributed by atoms with Gasteiger partial charge >= 0.3 is 0 Å². The lowest BCUT2D eigenvalue weighted by Crippen LogP contribution is -2.39. The highest BCUT2D eigenvalue weighted by molar-refractivity contribution is 5.94. The van der Waals surface area contributed by atoms with E-state index in [1.54, 1.807) is 12.1 Å². The van der Waals surface area contributed by atoms with E-state index in [0.29, 0.717) is 17.7 Å². The molecule has 1 aliphatic rings. The van der Waals surface area contributed by atoms with Crippen molar-refractivity contribution in [3.05, 3.63) is 29.8 Å². The molecule has 2 rings (SSSR count). The Balaban J connectivity index is 1.88. The van der Waals surface area contributed by atoms with E-state index in [1.807, 2.05) is 19.1 Å². The van der Waals surface area contributed by atoms with E-state index < -0.39 is 0 Å². The van der Waals surface area contributed by atoms with Crippen LogP contribution in [0.15, 0.2) is 29.3 Å². The summed E-state index contributed by atoms with van der Waals surface area (Å²) in [5, 5.41) is 9.17. The third kappa shape index (κ3) is 5.19. The van der Waals surface area contributed by atoms with Gasteiger partial charge < -0.3 is 16.0 Å². The summed E-state index contributed by atoms with van der Waals surface area (Å²) in [6.07, 6.45) is 7.66. The first-order chi connectivity index (χ1) is 10.2. The fraction of sp³-hybridized carbons (Fsp3) is 0.375. The predicted octanol–water partition coefficient (Wildman–Crippen LogP) is 1.32. The normalized spacial score (nSPS) is 14.2. The van der Waals surface area contributed by atoms with Crippen LogP contribution in [0.2, 0.25) is 0 Å². The first-order valence-corrected chi connectivity index (χ1v) is 7.12. The van der Waals surface area contributed by atoms with E-state index in [9.17, 15) is 4.79 Å². The Kier molecular flexibility index (Phi) is 5.22. The molecule has 0 unspecified atom stereocenters. The molecule has 0 aromatic heterocycles. The summed E-state index contributed by atoms with van der Waals surface area (Å²) in [4.78, 5) is 16.2. The van der Waals surface area contributed by atoms with Crippen molar-refractivity contribution in [2.24, 2.45) is 4.99 Å². The van der Waals surface area contributed by atoms with Crippen molar-refractivity contribution >= 4 is 17.6 Å². The second-order valence-corrected chi connectivity index (χ2v) is 4.89. The summed E-state index contributed by atoms with van der Waals surface area (Å²) in [5.74, 6) is 3.06. The van der Waals surface area contributed by atoms with Gasteiger partial charge in [0, 0.05) is 23.8 Å². The lowest BCUT2D eigenvalue weighted by atomic mass is 10.2. The maximum absolute atomic E-state index is 11.9. The number of aliphatic imine (C=N–C) groups is 1. The summed E-state index contributed by atoms with van der Waals surface area (Å²) in [6, 6.07) is 7.69. The molecule has 1 amide bonds. The second-order valence-electron chi connectivity index (χ2n) is 4.89. The lowest BCUT2D eigenvalue weighted by molar-refractivity contribution is -0.114. The monoisotopic (exact) mass is 284 g/mol. The minimum Gasteiger partial charge on any atom is -0.357 e. The summed E-state index contributed by atoms with van der Waals surface area (Å²) >= 11 is 0. The highest BCUT2D eigenvalue weighted by atomic mass is 16.1. The third-order valence-electron chi connectivity index (χ3n) is 2.96. The topological polar surface area (TPSA) is 65.5 Å². The van der Waals surface area contributed by atoms with E-state index >= 15 is 0 Å². The average Bonchev–Trinajstić information content (AvgIpc) is 3.29. The van der Waals surface area contributed by atoms with Crippen LogP contribution in [0.25, 0.3) is 0 Å². The number of guanidine groups is 1. The van der Waals surface area contributed by atoms with Crippen molar-refractivity contribution in [2.75, 3.05) is 18.4 Å². The van der Waals surface area contributed by atoms with Gasteiger partial charge in [-0.15, -0.1) is 6.42 Å². The standard InChI is InChI=1S/C16H20N4O/c1-3-12-6-5-7-14(10-12)19-15(21)11-18-16(17-4-2)20-13-8-9-13/h1,5-7,10,13H,4,8-9,11H2,2H3,(H,19,21)(H2,17,18,20). The number of hydrogen-bond donors (Lipinski definition) is 3. The maximum Gasteiger partial charge on any atom is 0.246 e. The molecule has 1 saturated carbocycles. The van der Waals surface area contributed by atoms with Gasteiger partial charge in [0.1, 0.15) is 6.54 Å². The van der Waals surface area contributed by atoms with Gasteiger partial charge in [-0.25, -0.2) is 4.99 Å². The van der Waals surface area contributed by atoms with Gasteiger partial charge in [-0.1, -0.05) is 12.0 Å². The van der Waals surface area contributed by atoms with Crippen LogP contribution in [-0.2, 0) is 4.79 Å². The molecule has 0 bridgehead atoms. The molecule has 1 aromatic rings. The molecule has 1 fully saturated rings. The number of nitrogens with zero attached hydrogens (tertiary/aromatic N) is 1. The Morgan fingerprint density at radius 1 is 1.48 bits per heavy atom. The van der Waals surface area contributed by atoms with Crippen LogP contribution in [-0.4, -0.2) is 31.0 Å². The number of hydrogen-bond acceptors (Lipinski definition) is 2. The molecule has 0 atom stereocenters. The molecule has 0 aliphatic heterocycles. The minimum atomic E-state index is -0.169. The van der Waals surface area contributed by atoms with E-state index in [1.165, 1.54) is 0 Å². The van der Waals surface area contributed by atoms with Crippen molar-refractivity contribution < 1.29 is 4.79 Å². The summed E-state index contributed by atoms with van der Waals surface area (Å²) in [7, 11) is 0. The second kappa shape index (κ2) is 7.34. The molecule has 5 nitrogen and oxygen atoms in total. The largest absolute Gasteiger partial charge is 0.357 e. The zero-order chi connectivity index (χ0) is 15.1. The number of anilines is 1. The molecule has 3 N–H and O–H groups in total. The number of carbonyl (C=O) groups excluding carboxylic acids is 1. The molecular formula is C16H20N4O. The Hall–Kier alpha value is -2.48. The Bertz CT molecular complexity index is 570. The van der Waals surface area contributed by atoms with Gasteiger partial charge in [-0.3, -0.25) is 4.79 Å². The van der Waals surface area contributed by atoms with Crippen LogP contribution >= 0.6 is 0 Å². The highest BCUT2D eigenvalue weighted by Gasteiger charge is 2.22. The van der Waals surface area contributed by atoms with Gasteiger partial charge in [0.25, 0.3) is 0 Å². The molecule has 0 heterocycles. The maximum atomic E-state index is 11.9. The van der Waals surface area contributed by atoms with Gasteiger partial charge in [0.05, 0.1) is 0 Å². The number of nitrogens with one attached hydrogen (secondary N) is 3. The number of benzene rings is 1. The molecule has 0 radical (unpaired) electrons. The van der Waals surface area contributed by atoms with Crippen LogP contribution in [0.1, 0.15) is 25.3 Å². The fourth-order valence-corrected chi connectivity index (χ4v) is 1.78. The molecule has 110 valence electrons. The van der Waals surface area contributed by atoms with Crippen molar-refractivity contribution in [1.29, 1.82) is 0 Å². The van der Waals surface area contributed by atoms with Gasteiger partial charge in [0.15, 0.2) is 5.96 Å². The molecule has 5 heteroatoms. The van der Waals surface area contributed by atoms with Crippen LogP contribution in [0.3, 0.4) is 0 Å². The molecule has 1 aromatic carbocycles. The van der Waals surface area contributed by atoms with E-state index in [-0.39, 0.29) is 12.5 Å². The molecule has 0 saturated heterocycles. The van der Waals surface area contributed by atoms with Gasteiger partial charge in [0.2, 0.25) is 5.91 Å². The molecule has 1 aliphatic carbocycles. The predicted molar refractivity (Wildman–Crippen MR) is 85.1 cm³/mol. The van der Waals surface area contributed by atoms with Gasteiger partial charge in [-0.2, -0.15) is 0 Å². The average molecular weight is 284 g/mol. The Labute approximate surface area is 125 Å². The summed E-state index contributed by atoms with van der Waals surface area (Å²) < 4.78 is 0. The lowest BCUT2D eigenvalue weighted by Gasteiger charge is -2.10. The van der Waals surface area contributed by atoms with Crippen molar-refractivity contribution in [2.45, 2.75) is 25.8 Å². The first kappa shape index (κ1) is 14.9. The third-order valence-corrected chi connectivity index (χ3v) is 2.96. The zero-order valence-corrected chi connectivity index (χ0v) is 12.1. The van der Waals surface area contributed by atoms with Crippen LogP contribution in [0.5, 0.6) is 0 Å². The van der Waals surface area contributed by atoms with Crippen LogP contribution < -0.4 is 16.0 Å². The Morgan fingerprint density at radius 2 is 2.29 bits per heavy atom. The fourth-order valence-electron chi connectivity index (χ4n) is 1.78. The van der Waals surface area contributed by atoms with Crippen molar-refractivity contribution in [1.82, 2.24) is 10.6 Å². The highest BCUT2D eigenvalue weighted by Crippen LogP contribution is 2.18. The van der Waals surface area contributed by atoms with E-state index in [0.717, 1.165) is 24.9 Å². The van der Waals surface area contributed by atoms with Crippen LogP contribution in [0, 0.1) is 12.3 Å². The minimum absolute atomic E-state index is 0.0718. The number of terminal acetylenes is 1. The van der Waals surface area contributed by atoms with Crippen molar-refractivity contribution in [3.8, 4) is 12.3 Å². The number of rotatable bonds is 5. The Morgan fingerprint density at radius 3 is 2.95 bits per heavy atom. The number of amides is 1. The van der Waals surface area contributed by atoms with Crippen LogP contribution in [0.4, 0.5) is 5.69 Å². The molecular weight excluding hydrogens is 264 g/mol. The first-order valence-electron chi connectivity index (χ1n) is 7.12. The van der Waals surface area contributed by atoms with E-state index in [2.05, 4.69) is 26.9 Å². The SMILES string of the molecule is C#Cc1cccc(NC(=O)CN=C(NCC)NC2CC2)c1. The van der Waals surface area contributed by atoms with E-state index in [4.69, 9.17) is 6.42 Å². The number of carbonyl (C=O) groups is 1. The smallest absolute Gasteiger partial charge is 0.246 e. The summed E-state index contributed by atoms with van der Waals surface area (Å²) in [6.45, 7) is 2.84. The zero-order valence-electron chi connectivity index (χ0n) is 12.1. The van der Waals surface area contributed by atoms with Gasteiger partial charge in [-0.05, 0) is 38.0 Å². The van der Waals surface area contributed by atoms with Crippen molar-refractivity contribution in [3.63, 3.8) is 0 Å². The summed E-state index contributed by atoms with van der Waals surface area (Å²) in [5.41, 5.74) is 1.42.